The highest BCUT2D eigenvalue weighted by atomic mass is 32.1. The average Bonchev–Trinajstić information content (AvgIpc) is 3.07. The van der Waals surface area contributed by atoms with E-state index in [0.717, 1.165) is 29.5 Å². The van der Waals surface area contributed by atoms with E-state index in [9.17, 15) is 14.4 Å². The van der Waals surface area contributed by atoms with Gasteiger partial charge in [-0.25, -0.2) is 9.48 Å². The average molecular weight is 412 g/mol. The summed E-state index contributed by atoms with van der Waals surface area (Å²) in [5.74, 6) is -0.331. The van der Waals surface area contributed by atoms with Crippen LogP contribution in [0.4, 0.5) is 5.69 Å². The van der Waals surface area contributed by atoms with E-state index in [1.54, 1.807) is 18.2 Å². The molecular formula is C20H20N4O4S. The lowest BCUT2D eigenvalue weighted by Gasteiger charge is -2.17. The highest BCUT2D eigenvalue weighted by Crippen LogP contribution is 2.35. The molecule has 1 atom stereocenters. The maximum absolute atomic E-state index is 12.9. The molecule has 1 aromatic carbocycles. The van der Waals surface area contributed by atoms with Gasteiger partial charge in [0.05, 0.1) is 18.1 Å². The van der Waals surface area contributed by atoms with Crippen LogP contribution < -0.4 is 10.9 Å². The molecule has 0 aliphatic heterocycles. The Morgan fingerprint density at radius 2 is 2.21 bits per heavy atom. The number of nitrogens with zero attached hydrogens (tertiary/aromatic N) is 3. The van der Waals surface area contributed by atoms with Gasteiger partial charge in [0.15, 0.2) is 4.83 Å². The number of hydrogen-bond acceptors (Lipinski definition) is 7. The van der Waals surface area contributed by atoms with E-state index in [1.165, 1.54) is 29.4 Å². The highest BCUT2D eigenvalue weighted by Gasteiger charge is 2.24. The molecule has 29 heavy (non-hydrogen) atoms. The number of methoxy groups -OCH3 is 1. The molecule has 4 rings (SSSR count). The van der Waals surface area contributed by atoms with E-state index in [4.69, 9.17) is 0 Å². The van der Waals surface area contributed by atoms with Gasteiger partial charge in [0.1, 0.15) is 6.54 Å². The number of fused-ring (bicyclic) bond motifs is 3. The molecule has 0 saturated carbocycles. The SMILES string of the molecule is COC(=O)c1cccc(NC(=O)Cn2nnc3sc4c(c3c2=O)CC[C@H](C)C4)c1. The number of thiophene rings is 1. The third-order valence-corrected chi connectivity index (χ3v) is 6.18. The molecule has 3 aromatic rings. The first kappa shape index (κ1) is 19.3. The third-order valence-electron chi connectivity index (χ3n) is 5.05. The van der Waals surface area contributed by atoms with Crippen LogP contribution in [0.3, 0.4) is 0 Å². The van der Waals surface area contributed by atoms with Crippen molar-refractivity contribution in [2.45, 2.75) is 32.7 Å². The van der Waals surface area contributed by atoms with Crippen LogP contribution in [0.1, 0.15) is 34.1 Å². The normalized spacial score (nSPS) is 15.7. The Bertz CT molecular complexity index is 1170. The predicted octanol–water partition coefficient (Wildman–Crippen LogP) is 2.40. The number of esters is 1. The van der Waals surface area contributed by atoms with Crippen molar-refractivity contribution in [3.05, 3.63) is 50.6 Å². The number of aromatic nitrogens is 3. The van der Waals surface area contributed by atoms with Crippen LogP contribution in [0.15, 0.2) is 29.1 Å². The minimum atomic E-state index is -0.495. The van der Waals surface area contributed by atoms with E-state index < -0.39 is 11.9 Å². The lowest BCUT2D eigenvalue weighted by atomic mass is 9.89. The number of aryl methyl sites for hydroxylation is 1. The van der Waals surface area contributed by atoms with E-state index in [-0.39, 0.29) is 12.1 Å². The van der Waals surface area contributed by atoms with Gasteiger partial charge in [-0.2, -0.15) is 0 Å². The molecule has 1 aliphatic rings. The summed E-state index contributed by atoms with van der Waals surface area (Å²) in [6.45, 7) is 1.95. The number of carbonyl (C=O) groups excluding carboxylic acids is 2. The Morgan fingerprint density at radius 3 is 3.00 bits per heavy atom. The first-order chi connectivity index (χ1) is 14.0. The number of hydrogen-bond donors (Lipinski definition) is 1. The molecule has 8 nitrogen and oxygen atoms in total. The number of carbonyl (C=O) groups is 2. The molecule has 2 heterocycles. The summed E-state index contributed by atoms with van der Waals surface area (Å²) >= 11 is 1.52. The number of anilines is 1. The van der Waals surface area contributed by atoms with E-state index >= 15 is 0 Å². The quantitative estimate of drug-likeness (QED) is 0.660. The molecule has 1 N–H and O–H groups in total. The number of benzene rings is 1. The van der Waals surface area contributed by atoms with Crippen LogP contribution >= 0.6 is 11.3 Å². The topological polar surface area (TPSA) is 103 Å². The summed E-state index contributed by atoms with van der Waals surface area (Å²) in [5.41, 5.74) is 1.52. The minimum Gasteiger partial charge on any atom is -0.465 e. The molecule has 1 amide bonds. The molecule has 0 unspecified atom stereocenters. The summed E-state index contributed by atoms with van der Waals surface area (Å²) in [4.78, 5) is 38.8. The Hall–Kier alpha value is -3.07. The number of ether oxygens (including phenoxy) is 1. The summed E-state index contributed by atoms with van der Waals surface area (Å²) in [7, 11) is 1.29. The van der Waals surface area contributed by atoms with Gasteiger partial charge in [-0.15, -0.1) is 16.4 Å². The molecule has 150 valence electrons. The fourth-order valence-corrected chi connectivity index (χ4v) is 4.89. The zero-order valence-corrected chi connectivity index (χ0v) is 16.9. The van der Waals surface area contributed by atoms with Crippen molar-refractivity contribution < 1.29 is 14.3 Å². The third kappa shape index (κ3) is 3.77. The molecular weight excluding hydrogens is 392 g/mol. The Labute approximate surface area is 170 Å². The van der Waals surface area contributed by atoms with Crippen molar-refractivity contribution in [1.82, 2.24) is 15.0 Å². The largest absolute Gasteiger partial charge is 0.465 e. The molecule has 2 aromatic heterocycles. The molecule has 0 bridgehead atoms. The molecule has 0 saturated heterocycles. The lowest BCUT2D eigenvalue weighted by Crippen LogP contribution is -2.30. The Kier molecular flexibility index (Phi) is 5.14. The summed E-state index contributed by atoms with van der Waals surface area (Å²) in [5, 5.41) is 11.4. The van der Waals surface area contributed by atoms with E-state index in [1.807, 2.05) is 0 Å². The van der Waals surface area contributed by atoms with Crippen LogP contribution in [0.2, 0.25) is 0 Å². The van der Waals surface area contributed by atoms with Gasteiger partial charge in [-0.3, -0.25) is 9.59 Å². The van der Waals surface area contributed by atoms with Gasteiger partial charge in [0.25, 0.3) is 5.56 Å². The maximum Gasteiger partial charge on any atom is 0.337 e. The maximum atomic E-state index is 12.9. The Balaban J connectivity index is 1.57. The van der Waals surface area contributed by atoms with Crippen LogP contribution in [0.25, 0.3) is 10.2 Å². The van der Waals surface area contributed by atoms with Crippen molar-refractivity contribution in [2.75, 3.05) is 12.4 Å². The molecule has 0 spiro atoms. The first-order valence-electron chi connectivity index (χ1n) is 9.32. The van der Waals surface area contributed by atoms with Gasteiger partial charge in [0.2, 0.25) is 5.91 Å². The lowest BCUT2D eigenvalue weighted by molar-refractivity contribution is -0.117. The molecule has 0 radical (unpaired) electrons. The molecule has 1 aliphatic carbocycles. The van der Waals surface area contributed by atoms with Gasteiger partial charge in [0, 0.05) is 10.6 Å². The zero-order valence-electron chi connectivity index (χ0n) is 16.1. The Morgan fingerprint density at radius 1 is 1.38 bits per heavy atom. The zero-order chi connectivity index (χ0) is 20.5. The fourth-order valence-electron chi connectivity index (χ4n) is 3.57. The van der Waals surface area contributed by atoms with Crippen molar-refractivity contribution in [2.24, 2.45) is 5.92 Å². The number of rotatable bonds is 4. The van der Waals surface area contributed by atoms with Crippen LogP contribution in [0.5, 0.6) is 0 Å². The first-order valence-corrected chi connectivity index (χ1v) is 10.1. The van der Waals surface area contributed by atoms with Gasteiger partial charge in [-0.1, -0.05) is 18.2 Å². The second-order valence-corrected chi connectivity index (χ2v) is 8.29. The molecule has 0 fully saturated rings. The summed E-state index contributed by atoms with van der Waals surface area (Å²) in [6.07, 6.45) is 2.84. The van der Waals surface area contributed by atoms with Crippen molar-refractivity contribution in [3.63, 3.8) is 0 Å². The fraction of sp³-hybridized carbons (Fsp3) is 0.350. The standard InChI is InChI=1S/C20H20N4O4S/c1-11-6-7-14-15(8-11)29-18-17(14)19(26)24(23-22-18)10-16(25)21-13-5-3-4-12(9-13)20(27)28-2/h3-5,9,11H,6-8,10H2,1-2H3,(H,21,25)/t11-/m0/s1. The number of nitrogens with one attached hydrogen (secondary N) is 1. The smallest absolute Gasteiger partial charge is 0.337 e. The summed E-state index contributed by atoms with van der Waals surface area (Å²) in [6, 6.07) is 6.39. The van der Waals surface area contributed by atoms with Crippen molar-refractivity contribution in [3.8, 4) is 0 Å². The van der Waals surface area contributed by atoms with Gasteiger partial charge < -0.3 is 10.1 Å². The summed E-state index contributed by atoms with van der Waals surface area (Å²) < 4.78 is 5.77. The van der Waals surface area contributed by atoms with Crippen LogP contribution in [-0.4, -0.2) is 34.0 Å². The van der Waals surface area contributed by atoms with E-state index in [0.29, 0.717) is 27.4 Å². The number of amides is 1. The van der Waals surface area contributed by atoms with Gasteiger partial charge >= 0.3 is 5.97 Å². The van der Waals surface area contributed by atoms with E-state index in [2.05, 4.69) is 27.3 Å². The van der Waals surface area contributed by atoms with Crippen LogP contribution in [0, 0.1) is 5.92 Å². The highest BCUT2D eigenvalue weighted by molar-refractivity contribution is 7.18. The molecule has 9 heteroatoms. The van der Waals surface area contributed by atoms with Crippen LogP contribution in [-0.2, 0) is 28.9 Å². The monoisotopic (exact) mass is 412 g/mol. The second kappa shape index (κ2) is 7.75. The minimum absolute atomic E-state index is 0.259. The second-order valence-electron chi connectivity index (χ2n) is 7.20. The predicted molar refractivity (Wildman–Crippen MR) is 109 cm³/mol. The van der Waals surface area contributed by atoms with Crippen molar-refractivity contribution >= 4 is 39.1 Å². The van der Waals surface area contributed by atoms with Gasteiger partial charge in [-0.05, 0) is 48.9 Å². The van der Waals surface area contributed by atoms with Crippen molar-refractivity contribution in [1.29, 1.82) is 0 Å².